The molecule has 0 saturated heterocycles. The van der Waals surface area contributed by atoms with E-state index in [1.165, 1.54) is 5.56 Å². The average molecular weight is 235 g/mol. The van der Waals surface area contributed by atoms with Crippen LogP contribution >= 0.6 is 0 Å². The molecule has 0 aromatic heterocycles. The second-order valence-corrected chi connectivity index (χ2v) is 5.16. The standard InChI is InChI=1S/C15H25NO/c1-12(2)15(14-7-5-4-6-8-14)16-11-13(3)9-10-17/h4-8,12-13,15-17H,9-11H2,1-3H3. The van der Waals surface area contributed by atoms with Gasteiger partial charge in [0.15, 0.2) is 0 Å². The van der Waals surface area contributed by atoms with E-state index in [1.54, 1.807) is 0 Å². The lowest BCUT2D eigenvalue weighted by Gasteiger charge is -2.24. The molecule has 1 rings (SSSR count). The van der Waals surface area contributed by atoms with Gasteiger partial charge in [0.05, 0.1) is 0 Å². The molecule has 0 amide bonds. The molecule has 2 unspecified atom stereocenters. The minimum absolute atomic E-state index is 0.278. The lowest BCUT2D eigenvalue weighted by molar-refractivity contribution is 0.254. The van der Waals surface area contributed by atoms with Crippen LogP contribution in [0.15, 0.2) is 30.3 Å². The SMILES string of the molecule is CC(CCO)CNC(c1ccccc1)C(C)C. The molecule has 2 heteroatoms. The first-order valence-electron chi connectivity index (χ1n) is 6.54. The molecule has 0 radical (unpaired) electrons. The summed E-state index contributed by atoms with van der Waals surface area (Å²) in [6, 6.07) is 11.0. The van der Waals surface area contributed by atoms with Crippen molar-refractivity contribution in [2.24, 2.45) is 11.8 Å². The van der Waals surface area contributed by atoms with Crippen molar-refractivity contribution in [3.8, 4) is 0 Å². The molecule has 96 valence electrons. The summed E-state index contributed by atoms with van der Waals surface area (Å²) in [6.45, 7) is 7.88. The van der Waals surface area contributed by atoms with Gasteiger partial charge in [-0.25, -0.2) is 0 Å². The fourth-order valence-electron chi connectivity index (χ4n) is 2.05. The Labute approximate surface area is 105 Å². The summed E-state index contributed by atoms with van der Waals surface area (Å²) < 4.78 is 0. The zero-order valence-electron chi connectivity index (χ0n) is 11.2. The van der Waals surface area contributed by atoms with Gasteiger partial charge in [0.2, 0.25) is 0 Å². The Morgan fingerprint density at radius 1 is 1.12 bits per heavy atom. The van der Waals surface area contributed by atoms with Gasteiger partial charge in [-0.2, -0.15) is 0 Å². The normalized spacial score (nSPS) is 14.9. The smallest absolute Gasteiger partial charge is 0.0434 e. The van der Waals surface area contributed by atoms with Crippen LogP contribution < -0.4 is 5.32 Å². The molecule has 0 bridgehead atoms. The molecule has 2 N–H and O–H groups in total. The van der Waals surface area contributed by atoms with Gasteiger partial charge < -0.3 is 10.4 Å². The van der Waals surface area contributed by atoms with Crippen molar-refractivity contribution in [3.63, 3.8) is 0 Å². The number of nitrogens with one attached hydrogen (secondary N) is 1. The van der Waals surface area contributed by atoms with Gasteiger partial charge in [0.25, 0.3) is 0 Å². The van der Waals surface area contributed by atoms with E-state index in [1.807, 2.05) is 0 Å². The Balaban J connectivity index is 2.56. The van der Waals surface area contributed by atoms with Crippen LogP contribution in [0.3, 0.4) is 0 Å². The van der Waals surface area contributed by atoms with Gasteiger partial charge in [-0.1, -0.05) is 51.1 Å². The molecule has 17 heavy (non-hydrogen) atoms. The van der Waals surface area contributed by atoms with Gasteiger partial charge >= 0.3 is 0 Å². The van der Waals surface area contributed by atoms with E-state index in [2.05, 4.69) is 56.4 Å². The Morgan fingerprint density at radius 3 is 2.29 bits per heavy atom. The summed E-state index contributed by atoms with van der Waals surface area (Å²) in [5, 5.41) is 12.5. The average Bonchev–Trinajstić information content (AvgIpc) is 2.30. The second-order valence-electron chi connectivity index (χ2n) is 5.16. The summed E-state index contributed by atoms with van der Waals surface area (Å²) in [4.78, 5) is 0. The first-order chi connectivity index (χ1) is 8.15. The second kappa shape index (κ2) is 7.46. The highest BCUT2D eigenvalue weighted by molar-refractivity contribution is 5.19. The van der Waals surface area contributed by atoms with Crippen LogP contribution in [0.2, 0.25) is 0 Å². The number of aliphatic hydroxyl groups excluding tert-OH is 1. The summed E-state index contributed by atoms with van der Waals surface area (Å²) in [5.41, 5.74) is 1.35. The zero-order valence-corrected chi connectivity index (χ0v) is 11.2. The molecular formula is C15H25NO. The largest absolute Gasteiger partial charge is 0.396 e. The maximum atomic E-state index is 8.90. The fourth-order valence-corrected chi connectivity index (χ4v) is 2.05. The van der Waals surface area contributed by atoms with E-state index in [0.29, 0.717) is 17.9 Å². The highest BCUT2D eigenvalue weighted by atomic mass is 16.3. The molecular weight excluding hydrogens is 210 g/mol. The van der Waals surface area contributed by atoms with E-state index in [-0.39, 0.29) is 6.61 Å². The van der Waals surface area contributed by atoms with E-state index in [4.69, 9.17) is 5.11 Å². The number of benzene rings is 1. The Hall–Kier alpha value is -0.860. The molecule has 0 heterocycles. The lowest BCUT2D eigenvalue weighted by atomic mass is 9.95. The van der Waals surface area contributed by atoms with Crippen LogP contribution in [-0.2, 0) is 0 Å². The maximum Gasteiger partial charge on any atom is 0.0434 e. The molecule has 0 saturated carbocycles. The first-order valence-corrected chi connectivity index (χ1v) is 6.54. The van der Waals surface area contributed by atoms with Crippen molar-refractivity contribution in [2.75, 3.05) is 13.2 Å². The monoisotopic (exact) mass is 235 g/mol. The van der Waals surface area contributed by atoms with Gasteiger partial charge in [0, 0.05) is 12.6 Å². The molecule has 0 aliphatic carbocycles. The molecule has 0 spiro atoms. The van der Waals surface area contributed by atoms with Crippen LogP contribution in [0, 0.1) is 11.8 Å². The summed E-state index contributed by atoms with van der Waals surface area (Å²) in [7, 11) is 0. The summed E-state index contributed by atoms with van der Waals surface area (Å²) in [5.74, 6) is 1.09. The number of rotatable bonds is 7. The van der Waals surface area contributed by atoms with E-state index in [9.17, 15) is 0 Å². The van der Waals surface area contributed by atoms with Crippen LogP contribution in [0.1, 0.15) is 38.8 Å². The molecule has 1 aromatic rings. The molecule has 0 aliphatic heterocycles. The summed E-state index contributed by atoms with van der Waals surface area (Å²) in [6.07, 6.45) is 0.868. The Kier molecular flexibility index (Phi) is 6.23. The zero-order chi connectivity index (χ0) is 12.7. The van der Waals surface area contributed by atoms with Crippen molar-refractivity contribution < 1.29 is 5.11 Å². The van der Waals surface area contributed by atoms with Crippen molar-refractivity contribution in [3.05, 3.63) is 35.9 Å². The Bertz CT molecular complexity index is 297. The number of aliphatic hydroxyl groups is 1. The van der Waals surface area contributed by atoms with Gasteiger partial charge in [-0.05, 0) is 30.4 Å². The van der Waals surface area contributed by atoms with Crippen LogP contribution in [-0.4, -0.2) is 18.3 Å². The van der Waals surface area contributed by atoms with Crippen molar-refractivity contribution in [2.45, 2.75) is 33.2 Å². The molecule has 0 aliphatic rings. The third-order valence-electron chi connectivity index (χ3n) is 3.13. The minimum Gasteiger partial charge on any atom is -0.396 e. The predicted molar refractivity (Wildman–Crippen MR) is 72.9 cm³/mol. The summed E-state index contributed by atoms with van der Waals surface area (Å²) >= 11 is 0. The highest BCUT2D eigenvalue weighted by Gasteiger charge is 2.15. The minimum atomic E-state index is 0.278. The lowest BCUT2D eigenvalue weighted by Crippen LogP contribution is -2.30. The molecule has 2 nitrogen and oxygen atoms in total. The van der Waals surface area contributed by atoms with Crippen LogP contribution in [0.5, 0.6) is 0 Å². The fraction of sp³-hybridized carbons (Fsp3) is 0.600. The predicted octanol–water partition coefficient (Wildman–Crippen LogP) is 2.99. The first kappa shape index (κ1) is 14.2. The molecule has 1 aromatic carbocycles. The van der Waals surface area contributed by atoms with Crippen molar-refractivity contribution in [1.29, 1.82) is 0 Å². The highest BCUT2D eigenvalue weighted by Crippen LogP contribution is 2.21. The quantitative estimate of drug-likeness (QED) is 0.761. The maximum absolute atomic E-state index is 8.90. The van der Waals surface area contributed by atoms with E-state index >= 15 is 0 Å². The van der Waals surface area contributed by atoms with Gasteiger partial charge in [0.1, 0.15) is 0 Å². The number of hydrogen-bond donors (Lipinski definition) is 2. The van der Waals surface area contributed by atoms with E-state index in [0.717, 1.165) is 13.0 Å². The van der Waals surface area contributed by atoms with Crippen molar-refractivity contribution in [1.82, 2.24) is 5.32 Å². The third kappa shape index (κ3) is 4.88. The van der Waals surface area contributed by atoms with Crippen molar-refractivity contribution >= 4 is 0 Å². The number of hydrogen-bond acceptors (Lipinski definition) is 2. The molecule has 0 fully saturated rings. The van der Waals surface area contributed by atoms with Gasteiger partial charge in [-0.15, -0.1) is 0 Å². The Morgan fingerprint density at radius 2 is 1.76 bits per heavy atom. The third-order valence-corrected chi connectivity index (χ3v) is 3.13. The van der Waals surface area contributed by atoms with E-state index < -0.39 is 0 Å². The van der Waals surface area contributed by atoms with Crippen LogP contribution in [0.4, 0.5) is 0 Å². The topological polar surface area (TPSA) is 32.3 Å². The van der Waals surface area contributed by atoms with Crippen LogP contribution in [0.25, 0.3) is 0 Å². The van der Waals surface area contributed by atoms with Gasteiger partial charge in [-0.3, -0.25) is 0 Å². The molecule has 2 atom stereocenters.